The van der Waals surface area contributed by atoms with Gasteiger partial charge in [0.2, 0.25) is 11.7 Å². The van der Waals surface area contributed by atoms with Crippen molar-refractivity contribution in [2.75, 3.05) is 105 Å². The maximum absolute atomic E-state index is 12.1. The zero-order valence-corrected chi connectivity index (χ0v) is 58.8. The molecule has 6 fully saturated rings. The summed E-state index contributed by atoms with van der Waals surface area (Å²) in [6.07, 6.45) is 9.32. The van der Waals surface area contributed by atoms with E-state index in [2.05, 4.69) is 45.0 Å². The van der Waals surface area contributed by atoms with Gasteiger partial charge in [-0.05, 0) is 161 Å². The number of carboxylic acid groups (broad SMARTS) is 1. The molecule has 6 heterocycles. The number of alkyl halides is 3. The molecule has 548 valence electrons. The Balaban J connectivity index is 0.000000313. The van der Waals surface area contributed by atoms with Crippen LogP contribution < -0.4 is 22.0 Å². The number of allylic oxidation sites excluding steroid dienone is 2. The van der Waals surface area contributed by atoms with E-state index in [1.165, 1.54) is 20.0 Å². The van der Waals surface area contributed by atoms with Crippen LogP contribution in [0.15, 0.2) is 97.1 Å². The minimum atomic E-state index is -4.64. The molecule has 7 aliphatic rings. The number of fused-ring (bicyclic) bond motifs is 2. The highest BCUT2D eigenvalue weighted by atomic mass is 35.5. The molecule has 26 heteroatoms. The van der Waals surface area contributed by atoms with Crippen molar-refractivity contribution in [3.8, 4) is 16.9 Å². The van der Waals surface area contributed by atoms with Crippen molar-refractivity contribution < 1.29 is 99.8 Å². The van der Waals surface area contributed by atoms with Crippen LogP contribution in [0, 0.1) is 29.6 Å². The van der Waals surface area contributed by atoms with Crippen LogP contribution in [0.3, 0.4) is 0 Å². The third kappa shape index (κ3) is 32.2. The number of aldehydes is 2. The molecule has 6 aliphatic heterocycles. The lowest BCUT2D eigenvalue weighted by atomic mass is 9.89. The van der Waals surface area contributed by atoms with Gasteiger partial charge in [0.05, 0.1) is 64.3 Å². The Kier molecular flexibility index (Phi) is 39.9. The Morgan fingerprint density at radius 1 is 0.667 bits per heavy atom. The fourth-order valence-electron chi connectivity index (χ4n) is 10.4. The number of carbonyl (C=O) groups excluding carboxylic acids is 6. The van der Waals surface area contributed by atoms with Gasteiger partial charge in [-0.15, -0.1) is 12.4 Å². The zero-order chi connectivity index (χ0) is 72.0. The Labute approximate surface area is 584 Å². The predicted molar refractivity (Wildman–Crippen MR) is 374 cm³/mol. The van der Waals surface area contributed by atoms with Gasteiger partial charge in [0.1, 0.15) is 23.9 Å². The van der Waals surface area contributed by atoms with E-state index in [0.29, 0.717) is 82.9 Å². The summed E-state index contributed by atoms with van der Waals surface area (Å²) in [6, 6.07) is 29.8. The van der Waals surface area contributed by atoms with Gasteiger partial charge in [-0.1, -0.05) is 72.8 Å². The molecule has 6 saturated heterocycles. The average molecular weight is 1410 g/mol. The van der Waals surface area contributed by atoms with Gasteiger partial charge in [0, 0.05) is 94.9 Å². The Morgan fingerprint density at radius 3 is 1.63 bits per heavy atom. The summed E-state index contributed by atoms with van der Waals surface area (Å²) in [5.74, 6) is -1.38. The highest BCUT2D eigenvalue weighted by Crippen LogP contribution is 2.37. The lowest BCUT2D eigenvalue weighted by Crippen LogP contribution is -2.29. The van der Waals surface area contributed by atoms with Crippen LogP contribution in [-0.2, 0) is 78.0 Å². The van der Waals surface area contributed by atoms with Crippen molar-refractivity contribution in [3.05, 3.63) is 108 Å². The number of Topliss-reactive ketones (excluding diaryl/α,β-unsaturated/α-hetero) is 1. The Morgan fingerprint density at radius 2 is 1.20 bits per heavy atom. The van der Waals surface area contributed by atoms with Crippen LogP contribution >= 0.6 is 12.4 Å². The number of halogens is 4. The zero-order valence-electron chi connectivity index (χ0n) is 58.0. The first-order valence-electron chi connectivity index (χ1n) is 32.9. The van der Waals surface area contributed by atoms with E-state index in [-0.39, 0.29) is 47.8 Å². The van der Waals surface area contributed by atoms with E-state index in [9.17, 15) is 51.8 Å². The first-order chi connectivity index (χ1) is 46.8. The Hall–Kier alpha value is -7.43. The molecule has 7 N–H and O–H groups in total. The van der Waals surface area contributed by atoms with Crippen LogP contribution in [0.2, 0.25) is 0 Å². The summed E-state index contributed by atoms with van der Waals surface area (Å²) in [7, 11) is 4.70. The number of nitrogens with one attached hydrogen (secondary N) is 3. The minimum absolute atomic E-state index is 0. The quantitative estimate of drug-likeness (QED) is 0.0407. The summed E-state index contributed by atoms with van der Waals surface area (Å²) in [4.78, 5) is 82.9. The van der Waals surface area contributed by atoms with E-state index >= 15 is 0 Å². The van der Waals surface area contributed by atoms with Crippen molar-refractivity contribution in [2.45, 2.75) is 123 Å². The smallest absolute Gasteiger partial charge is 0.449 e. The minimum Gasteiger partial charge on any atom is -0.508 e. The number of benzene rings is 5. The molecule has 1 aliphatic carbocycles. The maximum atomic E-state index is 12.1. The number of nitrogens with two attached hydrogens (primary N) is 1. The van der Waals surface area contributed by atoms with Gasteiger partial charge >= 0.3 is 18.2 Å². The third-order valence-corrected chi connectivity index (χ3v) is 15.9. The molecule has 0 aromatic heterocycles. The molecule has 12 rings (SSSR count). The molecule has 0 bridgehead atoms. The number of hydrogen-bond acceptors (Lipinski definition) is 19. The van der Waals surface area contributed by atoms with E-state index < -0.39 is 29.6 Å². The molecule has 6 unspecified atom stereocenters. The Bertz CT molecular complexity index is 3270. The molecule has 5 aromatic carbocycles. The van der Waals surface area contributed by atoms with E-state index in [0.717, 1.165) is 146 Å². The molecule has 0 saturated carbocycles. The summed E-state index contributed by atoms with van der Waals surface area (Å²) in [5.41, 5.74) is 16.9. The number of anilines is 2. The number of hydroxylamine groups is 2. The second-order valence-corrected chi connectivity index (χ2v) is 24.8. The number of ether oxygens (including phenoxy) is 7. The second kappa shape index (κ2) is 46.1. The number of nitrogen functional groups attached to an aromatic ring is 1. The second-order valence-electron chi connectivity index (χ2n) is 24.8. The molecule has 5 aromatic rings. The van der Waals surface area contributed by atoms with E-state index in [4.69, 9.17) is 44.0 Å². The number of phenolic OH excluding ortho intramolecular Hbond substituents is 1. The van der Waals surface area contributed by atoms with E-state index in [1.54, 1.807) is 20.2 Å². The van der Waals surface area contributed by atoms with Crippen LogP contribution in [0.1, 0.15) is 110 Å². The molecule has 99 heavy (non-hydrogen) atoms. The third-order valence-electron chi connectivity index (χ3n) is 15.9. The maximum Gasteiger partial charge on any atom is 0.449 e. The van der Waals surface area contributed by atoms with Crippen molar-refractivity contribution >= 4 is 93.0 Å². The van der Waals surface area contributed by atoms with Crippen LogP contribution in [0.25, 0.3) is 38.2 Å². The average Bonchev–Trinajstić information content (AvgIpc) is 1.36. The fourth-order valence-corrected chi connectivity index (χ4v) is 10.4. The van der Waals surface area contributed by atoms with Gasteiger partial charge in [-0.25, -0.2) is 15.8 Å². The van der Waals surface area contributed by atoms with Crippen molar-refractivity contribution in [1.29, 1.82) is 0 Å². The number of aliphatic carboxylic acids is 1. The molecule has 6 atom stereocenters. The number of hydrogen-bond donors (Lipinski definition) is 6. The lowest BCUT2D eigenvalue weighted by Gasteiger charge is -2.21. The summed E-state index contributed by atoms with van der Waals surface area (Å²) < 4.78 is 68.1. The first kappa shape index (κ1) is 85.8. The van der Waals surface area contributed by atoms with Crippen LogP contribution in [0.5, 0.6) is 5.75 Å². The summed E-state index contributed by atoms with van der Waals surface area (Å²) in [5, 5.41) is 25.7. The molecule has 22 nitrogen and oxygen atoms in total. The number of aromatic hydroxyl groups is 1. The monoisotopic (exact) mass is 1410 g/mol. The summed E-state index contributed by atoms with van der Waals surface area (Å²) in [6.45, 7) is 15.8. The number of phenols is 1. The molecular weight excluding hydrogens is 1310 g/mol. The van der Waals surface area contributed by atoms with Gasteiger partial charge in [-0.3, -0.25) is 29.3 Å². The number of carbonyl (C=O) groups is 7. The van der Waals surface area contributed by atoms with Crippen molar-refractivity contribution in [2.24, 2.45) is 29.6 Å². The normalized spacial score (nSPS) is 20.3. The largest absolute Gasteiger partial charge is 0.508 e. The first-order valence-corrected chi connectivity index (χ1v) is 32.9. The highest BCUT2D eigenvalue weighted by molar-refractivity contribution is 6.08. The topological polar surface area (TPSA) is 305 Å². The number of carboxylic acids is 1. The van der Waals surface area contributed by atoms with Crippen LogP contribution in [0.4, 0.5) is 29.3 Å². The van der Waals surface area contributed by atoms with Gasteiger partial charge in [-0.2, -0.15) is 13.2 Å². The molecule has 0 radical (unpaired) electrons. The van der Waals surface area contributed by atoms with Gasteiger partial charge < -0.3 is 63.5 Å². The SMILES string of the molecule is CC(=O)C(F)(F)F.CC(C)(C)OC(=O)Nc1ccc(C2=CC(=O)CCC2)c2ccccc12.CC1CCCO1.CNOC.CONC(=O)C1CCOC1.Cl.Nc1ccc(-c2ccc(CC3CCOC3)c(O)c2)c2ccccc12.O=C(O)C1CCOC1.O=CC1CCOC1.O=CC1CCOC1. The lowest BCUT2D eigenvalue weighted by molar-refractivity contribution is -0.168. The van der Waals surface area contributed by atoms with E-state index in [1.807, 2.05) is 99.6 Å². The number of rotatable bonds is 11. The van der Waals surface area contributed by atoms with Crippen LogP contribution in [-0.4, -0.2) is 164 Å². The number of amides is 2. The fraction of sp³-hybridized carbons (Fsp3) is 0.521. The highest BCUT2D eigenvalue weighted by Gasteiger charge is 2.34. The predicted octanol–water partition coefficient (Wildman–Crippen LogP) is 12.5. The molecule has 0 spiro atoms. The molecule has 2 amide bonds. The van der Waals surface area contributed by atoms with Gasteiger partial charge in [0.15, 0.2) is 5.78 Å². The van der Waals surface area contributed by atoms with Crippen molar-refractivity contribution in [1.82, 2.24) is 11.0 Å². The van der Waals surface area contributed by atoms with Gasteiger partial charge in [0.25, 0.3) is 0 Å². The standard InChI is InChI=1S/C21H23NO3.C21H21NO2.C6H11NO3.C5H8O3.2C5H8O2.C5H10O.C3H3F3O.C2H7NO.ClH/c1-21(2,3)25-20(24)22-19-12-11-16(14-7-6-8-15(23)13-14)17-9-4-5-10-18(17)19;22-20-8-7-17(18-3-1-2-4-19(18)20)15-5-6-16(21(23)12-15)11-14-9-10-24-13-14;1-9-7-6(8)5-2-3-10-4-5;6-5(7)4-1-2-8-3-4;2*6-3-5-1-2-7-4-5;1-5-3-2-4-6-5;1-2(7)3(4,5)6;1-3-4-2;/h4-5,9-13H,6-8H2,1-3H3,(H,22,24);1-8,12,14,23H,9-11,13,22H2;5H,2-4H2,1H3,(H,7,8);4H,1-3H2,(H,6,7);2*3,5H,1-2,4H2;5H,2-4H2,1H3;1H3;3H,1-2H3;1H. The van der Waals surface area contributed by atoms with Crippen molar-refractivity contribution in [3.63, 3.8) is 0 Å². The number of ketones is 2. The summed E-state index contributed by atoms with van der Waals surface area (Å²) >= 11 is 0. The molecular formula is C73H100ClF3N4O18.